The van der Waals surface area contributed by atoms with Crippen molar-refractivity contribution in [2.45, 2.75) is 33.1 Å². The number of hydrogen-bond donors (Lipinski definition) is 2. The molecule has 6 heteroatoms. The van der Waals surface area contributed by atoms with Crippen molar-refractivity contribution >= 4 is 34.8 Å². The maximum atomic E-state index is 12.3. The largest absolute Gasteiger partial charge is 0.322 e. The third-order valence-corrected chi connectivity index (χ3v) is 4.00. The molecule has 0 aliphatic rings. The lowest BCUT2D eigenvalue weighted by molar-refractivity contribution is -0.121. The van der Waals surface area contributed by atoms with Gasteiger partial charge in [0.2, 0.25) is 5.91 Å². The van der Waals surface area contributed by atoms with Crippen LogP contribution in [0.3, 0.4) is 0 Å². The van der Waals surface area contributed by atoms with Gasteiger partial charge in [-0.2, -0.15) is 5.10 Å². The third kappa shape index (κ3) is 6.01. The predicted molar refractivity (Wildman–Crippen MR) is 106 cm³/mol. The molecule has 0 saturated carbocycles. The van der Waals surface area contributed by atoms with Gasteiger partial charge in [0.1, 0.15) is 0 Å². The number of unbranched alkanes of at least 4 members (excludes halogenated alkanes) is 1. The van der Waals surface area contributed by atoms with E-state index in [4.69, 9.17) is 11.6 Å². The molecule has 2 N–H and O–H groups in total. The number of carbonyl (C=O) groups excluding carboxylic acids is 2. The summed E-state index contributed by atoms with van der Waals surface area (Å²) >= 11 is 5.84. The minimum atomic E-state index is -0.221. The summed E-state index contributed by atoms with van der Waals surface area (Å²) in [4.78, 5) is 23.9. The van der Waals surface area contributed by atoms with Crippen molar-refractivity contribution in [2.24, 2.45) is 5.10 Å². The Morgan fingerprint density at radius 2 is 1.81 bits per heavy atom. The van der Waals surface area contributed by atoms with E-state index in [0.29, 0.717) is 28.4 Å². The van der Waals surface area contributed by atoms with Gasteiger partial charge < -0.3 is 5.32 Å². The molecular formula is C20H22ClN3O2. The smallest absolute Gasteiger partial charge is 0.255 e. The molecule has 0 aliphatic heterocycles. The number of rotatable bonds is 7. The lowest BCUT2D eigenvalue weighted by Gasteiger charge is -2.08. The Balaban J connectivity index is 2.03. The SMILES string of the molecule is CCCCC(=O)NN=C(C)c1cccc(NC(=O)c2ccc(Cl)cc2)c1. The average molecular weight is 372 g/mol. The van der Waals surface area contributed by atoms with Gasteiger partial charge in [0, 0.05) is 22.7 Å². The van der Waals surface area contributed by atoms with Crippen molar-refractivity contribution in [3.8, 4) is 0 Å². The van der Waals surface area contributed by atoms with Gasteiger partial charge in [0.05, 0.1) is 5.71 Å². The molecule has 26 heavy (non-hydrogen) atoms. The molecule has 0 atom stereocenters. The first kappa shape index (κ1) is 19.7. The number of halogens is 1. The van der Waals surface area contributed by atoms with Crippen LogP contribution in [0, 0.1) is 0 Å². The van der Waals surface area contributed by atoms with E-state index in [9.17, 15) is 9.59 Å². The van der Waals surface area contributed by atoms with Crippen LogP contribution in [-0.4, -0.2) is 17.5 Å². The Labute approximate surface area is 158 Å². The van der Waals surface area contributed by atoms with Crippen LogP contribution in [0.4, 0.5) is 5.69 Å². The van der Waals surface area contributed by atoms with Crippen molar-refractivity contribution in [1.29, 1.82) is 0 Å². The summed E-state index contributed by atoms with van der Waals surface area (Å²) in [5.74, 6) is -0.320. The van der Waals surface area contributed by atoms with Crippen LogP contribution in [0.2, 0.25) is 5.02 Å². The normalized spacial score (nSPS) is 11.1. The minimum absolute atomic E-state index is 0.0987. The maximum absolute atomic E-state index is 12.3. The van der Waals surface area contributed by atoms with Gasteiger partial charge in [-0.3, -0.25) is 9.59 Å². The highest BCUT2D eigenvalue weighted by Gasteiger charge is 2.07. The van der Waals surface area contributed by atoms with Crippen molar-refractivity contribution < 1.29 is 9.59 Å². The summed E-state index contributed by atoms with van der Waals surface area (Å²) in [7, 11) is 0. The van der Waals surface area contributed by atoms with Gasteiger partial charge >= 0.3 is 0 Å². The number of hydrazone groups is 1. The second-order valence-electron chi connectivity index (χ2n) is 5.88. The van der Waals surface area contributed by atoms with Crippen LogP contribution in [-0.2, 0) is 4.79 Å². The van der Waals surface area contributed by atoms with Crippen LogP contribution >= 0.6 is 11.6 Å². The highest BCUT2D eigenvalue weighted by molar-refractivity contribution is 6.30. The van der Waals surface area contributed by atoms with Crippen molar-refractivity contribution in [2.75, 3.05) is 5.32 Å². The van der Waals surface area contributed by atoms with Crippen LogP contribution < -0.4 is 10.7 Å². The highest BCUT2D eigenvalue weighted by atomic mass is 35.5. The molecule has 2 aromatic rings. The van der Waals surface area contributed by atoms with E-state index in [1.807, 2.05) is 25.1 Å². The first-order valence-corrected chi connectivity index (χ1v) is 8.88. The summed E-state index contributed by atoms with van der Waals surface area (Å²) in [6, 6.07) is 14.0. The Morgan fingerprint density at radius 3 is 2.50 bits per heavy atom. The van der Waals surface area contributed by atoms with E-state index in [2.05, 4.69) is 15.8 Å². The van der Waals surface area contributed by atoms with E-state index in [1.165, 1.54) is 0 Å². The predicted octanol–water partition coefficient (Wildman–Crippen LogP) is 4.62. The van der Waals surface area contributed by atoms with Crippen LogP contribution in [0.5, 0.6) is 0 Å². The third-order valence-electron chi connectivity index (χ3n) is 3.75. The minimum Gasteiger partial charge on any atom is -0.322 e. The fourth-order valence-corrected chi connectivity index (χ4v) is 2.36. The first-order valence-electron chi connectivity index (χ1n) is 8.50. The summed E-state index contributed by atoms with van der Waals surface area (Å²) in [5.41, 5.74) is 5.20. The Bertz CT molecular complexity index is 801. The van der Waals surface area contributed by atoms with Gasteiger partial charge in [-0.05, 0) is 55.3 Å². The van der Waals surface area contributed by atoms with E-state index in [-0.39, 0.29) is 11.8 Å². The quantitative estimate of drug-likeness (QED) is 0.550. The van der Waals surface area contributed by atoms with E-state index >= 15 is 0 Å². The maximum Gasteiger partial charge on any atom is 0.255 e. The van der Waals surface area contributed by atoms with Gasteiger partial charge in [-0.1, -0.05) is 37.1 Å². The highest BCUT2D eigenvalue weighted by Crippen LogP contribution is 2.15. The van der Waals surface area contributed by atoms with Gasteiger partial charge in [-0.25, -0.2) is 5.43 Å². The van der Waals surface area contributed by atoms with Gasteiger partial charge in [0.15, 0.2) is 0 Å². The average Bonchev–Trinajstić information content (AvgIpc) is 2.65. The van der Waals surface area contributed by atoms with E-state index in [1.54, 1.807) is 37.3 Å². The zero-order chi connectivity index (χ0) is 18.9. The molecule has 0 unspecified atom stereocenters. The molecule has 2 amide bonds. The number of amides is 2. The topological polar surface area (TPSA) is 70.6 Å². The Kier molecular flexibility index (Phi) is 7.36. The molecule has 0 bridgehead atoms. The monoisotopic (exact) mass is 371 g/mol. The fourth-order valence-electron chi connectivity index (χ4n) is 2.23. The Morgan fingerprint density at radius 1 is 1.08 bits per heavy atom. The van der Waals surface area contributed by atoms with Crippen LogP contribution in [0.15, 0.2) is 53.6 Å². The molecule has 0 fully saturated rings. The molecule has 2 aromatic carbocycles. The van der Waals surface area contributed by atoms with Gasteiger partial charge in [-0.15, -0.1) is 0 Å². The number of hydrogen-bond acceptors (Lipinski definition) is 3. The van der Waals surface area contributed by atoms with Crippen molar-refractivity contribution in [3.05, 3.63) is 64.7 Å². The molecule has 0 aromatic heterocycles. The van der Waals surface area contributed by atoms with Gasteiger partial charge in [0.25, 0.3) is 5.91 Å². The number of carbonyl (C=O) groups is 2. The fraction of sp³-hybridized carbons (Fsp3) is 0.250. The number of benzene rings is 2. The summed E-state index contributed by atoms with van der Waals surface area (Å²) in [6.07, 6.45) is 2.27. The van der Waals surface area contributed by atoms with E-state index < -0.39 is 0 Å². The number of anilines is 1. The lowest BCUT2D eigenvalue weighted by Crippen LogP contribution is -2.18. The second kappa shape index (κ2) is 9.73. The summed E-state index contributed by atoms with van der Waals surface area (Å²) < 4.78 is 0. The Hall–Kier alpha value is -2.66. The molecule has 136 valence electrons. The number of nitrogens with zero attached hydrogens (tertiary/aromatic N) is 1. The lowest BCUT2D eigenvalue weighted by atomic mass is 10.1. The zero-order valence-corrected chi connectivity index (χ0v) is 15.6. The second-order valence-corrected chi connectivity index (χ2v) is 6.31. The van der Waals surface area contributed by atoms with Crippen molar-refractivity contribution in [3.63, 3.8) is 0 Å². The first-order chi connectivity index (χ1) is 12.5. The molecule has 0 heterocycles. The number of nitrogens with one attached hydrogen (secondary N) is 2. The molecule has 0 saturated heterocycles. The van der Waals surface area contributed by atoms with Crippen molar-refractivity contribution in [1.82, 2.24) is 5.43 Å². The standard InChI is InChI=1S/C20H22ClN3O2/c1-3-4-8-19(25)24-23-14(2)16-6-5-7-18(13-16)22-20(26)15-9-11-17(21)12-10-15/h5-7,9-13H,3-4,8H2,1-2H3,(H,22,26)(H,24,25). The molecule has 0 spiro atoms. The van der Waals surface area contributed by atoms with E-state index in [0.717, 1.165) is 18.4 Å². The molecule has 0 radical (unpaired) electrons. The van der Waals surface area contributed by atoms with Crippen LogP contribution in [0.25, 0.3) is 0 Å². The summed E-state index contributed by atoms with van der Waals surface area (Å²) in [5, 5.41) is 7.55. The zero-order valence-electron chi connectivity index (χ0n) is 14.9. The molecular weight excluding hydrogens is 350 g/mol. The molecule has 5 nitrogen and oxygen atoms in total. The van der Waals surface area contributed by atoms with Crippen LogP contribution in [0.1, 0.15) is 49.0 Å². The summed E-state index contributed by atoms with van der Waals surface area (Å²) in [6.45, 7) is 3.84. The molecule has 2 rings (SSSR count). The molecule has 0 aliphatic carbocycles.